The number of anilines is 2. The maximum absolute atomic E-state index is 11.6. The van der Waals surface area contributed by atoms with Gasteiger partial charge in [0.05, 0.1) is 16.8 Å². The highest BCUT2D eigenvalue weighted by Gasteiger charge is 2.49. The molecule has 0 amide bonds. The summed E-state index contributed by atoms with van der Waals surface area (Å²) in [5, 5.41) is 23.3. The molecule has 4 heteroatoms. The average molecular weight is 581 g/mol. The van der Waals surface area contributed by atoms with Crippen LogP contribution < -0.4 is 11.5 Å². The molecule has 1 aliphatic carbocycles. The quantitative estimate of drug-likeness (QED) is 0.0973. The van der Waals surface area contributed by atoms with Crippen molar-refractivity contribution < 1.29 is 10.2 Å². The van der Waals surface area contributed by atoms with Crippen molar-refractivity contribution in [2.24, 2.45) is 0 Å². The third kappa shape index (κ3) is 4.63. The summed E-state index contributed by atoms with van der Waals surface area (Å²) in [7, 11) is 0. The lowest BCUT2D eigenvalue weighted by atomic mass is 9.66. The highest BCUT2D eigenvalue weighted by Crippen LogP contribution is 2.60. The van der Waals surface area contributed by atoms with Crippen LogP contribution in [-0.2, 0) is 5.41 Å². The maximum Gasteiger partial charge on any atom is 0.143 e. The molecule has 0 saturated carbocycles. The van der Waals surface area contributed by atoms with Crippen LogP contribution >= 0.6 is 0 Å². The van der Waals surface area contributed by atoms with Crippen LogP contribution in [0.4, 0.5) is 11.4 Å². The molecule has 0 bridgehead atoms. The smallest absolute Gasteiger partial charge is 0.143 e. The van der Waals surface area contributed by atoms with E-state index < -0.39 is 5.41 Å². The Balaban J connectivity index is 1.56. The van der Waals surface area contributed by atoms with Gasteiger partial charge in [0.25, 0.3) is 0 Å². The number of para-hydroxylation sites is 2. The monoisotopic (exact) mass is 580 g/mol. The molecule has 0 atom stereocenters. The Kier molecular flexibility index (Phi) is 6.74. The lowest BCUT2D eigenvalue weighted by Crippen LogP contribution is -2.29. The second kappa shape index (κ2) is 11.0. The Bertz CT molecular complexity index is 2060. The number of phenols is 2. The van der Waals surface area contributed by atoms with Crippen LogP contribution in [0.1, 0.15) is 44.5 Å². The lowest BCUT2D eigenvalue weighted by Gasteiger charge is -2.35. The normalized spacial score (nSPS) is 12.2. The standard InChI is InChI=1S/C41H28N2O2/c42-37-15-7-13-33(39(37)44)41(34-14-8-16-38(43)40(34)45)35-25-29(19-17-27-9-3-1-4-10-27)21-23-31(35)32-24-22-30(26-36(32)41)20-18-28-11-5-2-6-12-28/h1-16,21-26,44-45H,42-43H2. The third-order valence-electron chi connectivity index (χ3n) is 8.33. The largest absolute Gasteiger partial charge is 0.505 e. The van der Waals surface area contributed by atoms with Gasteiger partial charge in [0, 0.05) is 33.4 Å². The minimum Gasteiger partial charge on any atom is -0.505 e. The van der Waals surface area contributed by atoms with E-state index in [0.717, 1.165) is 44.5 Å². The van der Waals surface area contributed by atoms with E-state index in [1.54, 1.807) is 12.1 Å². The van der Waals surface area contributed by atoms with Crippen molar-refractivity contribution in [3.05, 3.63) is 178 Å². The minimum atomic E-state index is -1.20. The number of phenolic OH excluding ortho intramolecular Hbond substituents is 2. The van der Waals surface area contributed by atoms with Gasteiger partial charge in [0.1, 0.15) is 11.5 Å². The molecular formula is C41H28N2O2. The lowest BCUT2D eigenvalue weighted by molar-refractivity contribution is 0.451. The summed E-state index contributed by atoms with van der Waals surface area (Å²) >= 11 is 0. The molecule has 4 nitrogen and oxygen atoms in total. The molecule has 6 N–H and O–H groups in total. The number of benzene rings is 6. The molecule has 0 unspecified atom stereocenters. The van der Waals surface area contributed by atoms with E-state index in [-0.39, 0.29) is 22.9 Å². The van der Waals surface area contributed by atoms with Crippen molar-refractivity contribution in [3.63, 3.8) is 0 Å². The van der Waals surface area contributed by atoms with Crippen LogP contribution in [0.2, 0.25) is 0 Å². The van der Waals surface area contributed by atoms with Gasteiger partial charge in [-0.25, -0.2) is 0 Å². The molecule has 0 aliphatic heterocycles. The Morgan fingerprint density at radius 2 is 0.800 bits per heavy atom. The molecule has 0 fully saturated rings. The molecule has 1 aliphatic rings. The maximum atomic E-state index is 11.6. The van der Waals surface area contributed by atoms with Crippen molar-refractivity contribution in [3.8, 4) is 46.3 Å². The molecule has 6 aromatic carbocycles. The van der Waals surface area contributed by atoms with E-state index in [2.05, 4.69) is 23.7 Å². The molecule has 7 rings (SSSR count). The third-order valence-corrected chi connectivity index (χ3v) is 8.33. The van der Waals surface area contributed by atoms with Crippen LogP contribution in [0.15, 0.2) is 133 Å². The summed E-state index contributed by atoms with van der Waals surface area (Å²) in [5.74, 6) is 13.0. The van der Waals surface area contributed by atoms with E-state index in [9.17, 15) is 10.2 Å². The van der Waals surface area contributed by atoms with Gasteiger partial charge in [-0.15, -0.1) is 0 Å². The van der Waals surface area contributed by atoms with E-state index >= 15 is 0 Å². The zero-order valence-corrected chi connectivity index (χ0v) is 24.3. The summed E-state index contributed by atoms with van der Waals surface area (Å²) in [6.45, 7) is 0. The first kappa shape index (κ1) is 27.5. The van der Waals surface area contributed by atoms with Gasteiger partial charge in [-0.3, -0.25) is 0 Å². The molecule has 0 heterocycles. The second-order valence-electron chi connectivity index (χ2n) is 11.0. The number of aromatic hydroxyl groups is 2. The predicted molar refractivity (Wildman–Crippen MR) is 181 cm³/mol. The van der Waals surface area contributed by atoms with E-state index in [4.69, 9.17) is 11.5 Å². The van der Waals surface area contributed by atoms with Crippen molar-refractivity contribution in [1.82, 2.24) is 0 Å². The van der Waals surface area contributed by atoms with Gasteiger partial charge in [-0.1, -0.05) is 96.5 Å². The molecule has 214 valence electrons. The predicted octanol–water partition coefficient (Wildman–Crippen LogP) is 7.42. The molecule has 45 heavy (non-hydrogen) atoms. The van der Waals surface area contributed by atoms with Crippen LogP contribution in [0.5, 0.6) is 11.5 Å². The number of nitrogen functional groups attached to an aromatic ring is 2. The zero-order chi connectivity index (χ0) is 31.0. The molecule has 0 aromatic heterocycles. The Morgan fingerprint density at radius 1 is 0.400 bits per heavy atom. The van der Waals surface area contributed by atoms with Crippen LogP contribution in [0, 0.1) is 23.7 Å². The fourth-order valence-electron chi connectivity index (χ4n) is 6.26. The summed E-state index contributed by atoms with van der Waals surface area (Å²) in [5.41, 5.74) is 19.9. The molecule has 0 saturated heterocycles. The van der Waals surface area contributed by atoms with Crippen molar-refractivity contribution >= 4 is 11.4 Å². The Hall–Kier alpha value is -6.36. The van der Waals surface area contributed by atoms with E-state index in [1.165, 1.54) is 0 Å². The number of nitrogens with two attached hydrogens (primary N) is 2. The van der Waals surface area contributed by atoms with Gasteiger partial charge in [-0.05, 0) is 82.9 Å². The Morgan fingerprint density at radius 3 is 1.22 bits per heavy atom. The first-order valence-corrected chi connectivity index (χ1v) is 14.6. The average Bonchev–Trinajstić information content (AvgIpc) is 3.35. The first-order valence-electron chi connectivity index (χ1n) is 14.6. The highest BCUT2D eigenvalue weighted by molar-refractivity contribution is 5.90. The molecule has 0 spiro atoms. The highest BCUT2D eigenvalue weighted by atomic mass is 16.3. The van der Waals surface area contributed by atoms with Gasteiger partial charge in [-0.2, -0.15) is 0 Å². The second-order valence-corrected chi connectivity index (χ2v) is 11.0. The first-order chi connectivity index (χ1) is 22.0. The fraction of sp³-hybridized carbons (Fsp3) is 0.0244. The Labute approximate surface area is 262 Å². The number of hydrogen-bond acceptors (Lipinski definition) is 4. The number of rotatable bonds is 2. The minimum absolute atomic E-state index is 0.0697. The number of fused-ring (bicyclic) bond motifs is 3. The van der Waals surface area contributed by atoms with Crippen LogP contribution in [0.25, 0.3) is 11.1 Å². The van der Waals surface area contributed by atoms with Gasteiger partial charge >= 0.3 is 0 Å². The molecule has 6 aromatic rings. The fourth-order valence-corrected chi connectivity index (χ4v) is 6.26. The van der Waals surface area contributed by atoms with Crippen LogP contribution in [-0.4, -0.2) is 10.2 Å². The summed E-state index contributed by atoms with van der Waals surface area (Å²) in [6.07, 6.45) is 0. The summed E-state index contributed by atoms with van der Waals surface area (Å²) < 4.78 is 0. The summed E-state index contributed by atoms with van der Waals surface area (Å²) in [4.78, 5) is 0. The van der Waals surface area contributed by atoms with Gasteiger partial charge in [0.2, 0.25) is 0 Å². The van der Waals surface area contributed by atoms with Crippen LogP contribution in [0.3, 0.4) is 0 Å². The van der Waals surface area contributed by atoms with Gasteiger partial charge in [0.15, 0.2) is 0 Å². The topological polar surface area (TPSA) is 92.5 Å². The SMILES string of the molecule is Nc1cccc(C2(c3cccc(N)c3O)c3cc(C#Cc4ccccc4)ccc3-c3ccc(C#Cc4ccccc4)cc32)c1O. The molecular weight excluding hydrogens is 552 g/mol. The zero-order valence-electron chi connectivity index (χ0n) is 24.3. The molecule has 0 radical (unpaired) electrons. The number of hydrogen-bond donors (Lipinski definition) is 4. The van der Waals surface area contributed by atoms with E-state index in [1.807, 2.05) is 121 Å². The van der Waals surface area contributed by atoms with Crippen molar-refractivity contribution in [2.45, 2.75) is 5.41 Å². The van der Waals surface area contributed by atoms with Crippen molar-refractivity contribution in [2.75, 3.05) is 11.5 Å². The van der Waals surface area contributed by atoms with E-state index in [0.29, 0.717) is 11.1 Å². The summed E-state index contributed by atoms with van der Waals surface area (Å²) in [6, 6.07) is 42.4. The van der Waals surface area contributed by atoms with Gasteiger partial charge < -0.3 is 21.7 Å². The van der Waals surface area contributed by atoms with Crippen molar-refractivity contribution in [1.29, 1.82) is 0 Å².